The summed E-state index contributed by atoms with van der Waals surface area (Å²) in [5.41, 5.74) is 7.28. The molecule has 112 valence electrons. The maximum Gasteiger partial charge on any atom is 0.223 e. The highest BCUT2D eigenvalue weighted by Gasteiger charge is 2.31. The van der Waals surface area contributed by atoms with Crippen molar-refractivity contribution in [2.75, 3.05) is 0 Å². The molecule has 0 spiro atoms. The number of nitrogens with zero attached hydrogens (tertiary/aromatic N) is 2. The summed E-state index contributed by atoms with van der Waals surface area (Å²) in [4.78, 5) is 4.97. The molecule has 0 atom stereocenters. The molecule has 4 aromatic rings. The van der Waals surface area contributed by atoms with Gasteiger partial charge in [-0.1, -0.05) is 36.4 Å². The molecular weight excluding hydrogens is 395 g/mol. The second-order valence-electron chi connectivity index (χ2n) is 6.01. The Morgan fingerprint density at radius 3 is 2.39 bits per heavy atom. The van der Waals surface area contributed by atoms with E-state index in [1.807, 2.05) is 0 Å². The second-order valence-corrected chi connectivity index (χ2v) is 6.01. The lowest BCUT2D eigenvalue weighted by atomic mass is 10.0. The van der Waals surface area contributed by atoms with Crippen molar-refractivity contribution in [3.8, 4) is 22.5 Å². The van der Waals surface area contributed by atoms with Crippen molar-refractivity contribution < 1.29 is 28.5 Å². The lowest BCUT2D eigenvalue weighted by molar-refractivity contribution is -0.665. The number of halogens is 1. The van der Waals surface area contributed by atoms with E-state index in [1.54, 1.807) is 0 Å². The number of pyridine rings is 2. The van der Waals surface area contributed by atoms with E-state index in [4.69, 9.17) is 4.98 Å². The summed E-state index contributed by atoms with van der Waals surface area (Å²) in [6.07, 6.45) is 0. The minimum Gasteiger partial charge on any atom is -1.00 e. The molecule has 0 saturated carbocycles. The van der Waals surface area contributed by atoms with Gasteiger partial charge >= 0.3 is 0 Å². The predicted molar refractivity (Wildman–Crippen MR) is 89.6 cm³/mol. The van der Waals surface area contributed by atoms with Crippen molar-refractivity contribution in [3.63, 3.8) is 0 Å². The SMILES string of the molecule is Cc1cc2c3c(nc4ccccc42)-c2ccccc2-c3[n+]1C.[I-]. The normalized spacial score (nSPS) is 11.6. The van der Waals surface area contributed by atoms with Crippen LogP contribution in [-0.2, 0) is 7.05 Å². The number of fused-ring (bicyclic) bond motifs is 5. The standard InChI is InChI=1S/C20H15N2.HI/c1-12-11-16-13-7-5-6-10-17(13)21-19-14-8-3-4-9-15(14)20(18(16)19)22(12)2;/h3-11H,1-2H3;1H/q+1;/p-1. The van der Waals surface area contributed by atoms with E-state index in [9.17, 15) is 0 Å². The molecule has 0 unspecified atom stereocenters. The Bertz CT molecular complexity index is 1100. The number of para-hydroxylation sites is 1. The molecule has 1 aliphatic rings. The van der Waals surface area contributed by atoms with Crippen molar-refractivity contribution in [1.29, 1.82) is 0 Å². The summed E-state index contributed by atoms with van der Waals surface area (Å²) in [6, 6.07) is 19.3. The molecule has 2 nitrogen and oxygen atoms in total. The zero-order chi connectivity index (χ0) is 14.8. The van der Waals surface area contributed by atoms with Crippen molar-refractivity contribution in [2.45, 2.75) is 6.92 Å². The topological polar surface area (TPSA) is 16.8 Å². The van der Waals surface area contributed by atoms with Gasteiger partial charge in [0.2, 0.25) is 5.69 Å². The summed E-state index contributed by atoms with van der Waals surface area (Å²) < 4.78 is 2.29. The van der Waals surface area contributed by atoms with Gasteiger partial charge in [-0.25, -0.2) is 4.98 Å². The van der Waals surface area contributed by atoms with E-state index < -0.39 is 0 Å². The van der Waals surface area contributed by atoms with Gasteiger partial charge in [-0.2, -0.15) is 4.57 Å². The highest BCUT2D eigenvalue weighted by Crippen LogP contribution is 2.46. The van der Waals surface area contributed by atoms with Crippen LogP contribution in [0.5, 0.6) is 0 Å². The predicted octanol–water partition coefficient (Wildman–Crippen LogP) is 1.17. The van der Waals surface area contributed by atoms with Gasteiger partial charge in [0.15, 0.2) is 5.69 Å². The third-order valence-corrected chi connectivity index (χ3v) is 4.82. The number of rotatable bonds is 0. The van der Waals surface area contributed by atoms with E-state index in [-0.39, 0.29) is 24.0 Å². The largest absolute Gasteiger partial charge is 1.00 e. The van der Waals surface area contributed by atoms with E-state index in [0.717, 1.165) is 11.2 Å². The van der Waals surface area contributed by atoms with Gasteiger partial charge in [-0.05, 0) is 12.1 Å². The van der Waals surface area contributed by atoms with Crippen LogP contribution in [0.3, 0.4) is 0 Å². The summed E-state index contributed by atoms with van der Waals surface area (Å²) in [5, 5.41) is 3.83. The van der Waals surface area contributed by atoms with Gasteiger partial charge in [0.25, 0.3) is 0 Å². The van der Waals surface area contributed by atoms with Gasteiger partial charge in [0, 0.05) is 29.3 Å². The first-order chi connectivity index (χ1) is 10.8. The highest BCUT2D eigenvalue weighted by molar-refractivity contribution is 6.19. The van der Waals surface area contributed by atoms with E-state index in [2.05, 4.69) is 73.1 Å². The van der Waals surface area contributed by atoms with Gasteiger partial charge in [-0.15, -0.1) is 0 Å². The molecule has 3 heteroatoms. The molecule has 2 heterocycles. The number of hydrogen-bond donors (Lipinski definition) is 0. The average molecular weight is 410 g/mol. The van der Waals surface area contributed by atoms with Crippen molar-refractivity contribution in [1.82, 2.24) is 4.98 Å². The molecular formula is C20H15IN2. The lowest BCUT2D eigenvalue weighted by Gasteiger charge is -2.07. The molecule has 5 rings (SSSR count). The second kappa shape index (κ2) is 4.99. The molecule has 0 N–H and O–H groups in total. The van der Waals surface area contributed by atoms with Crippen LogP contribution in [0.1, 0.15) is 5.69 Å². The molecule has 0 fully saturated rings. The molecule has 0 radical (unpaired) electrons. The Hall–Kier alpha value is -2.01. The first-order valence-corrected chi connectivity index (χ1v) is 7.57. The third kappa shape index (κ3) is 1.80. The summed E-state index contributed by atoms with van der Waals surface area (Å²) in [7, 11) is 2.14. The Labute approximate surface area is 151 Å². The van der Waals surface area contributed by atoms with E-state index in [1.165, 1.54) is 38.7 Å². The van der Waals surface area contributed by atoms with Crippen LogP contribution >= 0.6 is 0 Å². The highest BCUT2D eigenvalue weighted by atomic mass is 127. The maximum absolute atomic E-state index is 4.97. The van der Waals surface area contributed by atoms with Gasteiger partial charge in [0.1, 0.15) is 7.05 Å². The minimum atomic E-state index is 0. The van der Waals surface area contributed by atoms with Crippen molar-refractivity contribution >= 4 is 21.7 Å². The van der Waals surface area contributed by atoms with Crippen LogP contribution in [-0.4, -0.2) is 4.98 Å². The maximum atomic E-state index is 4.97. The molecule has 1 aliphatic carbocycles. The Kier molecular flexibility index (Phi) is 3.17. The first-order valence-electron chi connectivity index (χ1n) is 7.57. The summed E-state index contributed by atoms with van der Waals surface area (Å²) in [5.74, 6) is 0. The number of aromatic nitrogens is 2. The molecule has 0 aliphatic heterocycles. The smallest absolute Gasteiger partial charge is 0.223 e. The number of benzene rings is 2. The quantitative estimate of drug-likeness (QED) is 0.213. The lowest BCUT2D eigenvalue weighted by Crippen LogP contribution is -3.00. The van der Waals surface area contributed by atoms with Crippen LogP contribution < -0.4 is 28.5 Å². The molecule has 2 aromatic carbocycles. The Morgan fingerprint density at radius 2 is 1.57 bits per heavy atom. The van der Waals surface area contributed by atoms with Crippen LogP contribution in [0.4, 0.5) is 0 Å². The molecule has 0 bridgehead atoms. The van der Waals surface area contributed by atoms with Crippen LogP contribution in [0, 0.1) is 6.92 Å². The number of aryl methyl sites for hydroxylation is 1. The fraction of sp³-hybridized carbons (Fsp3) is 0.100. The molecule has 0 amide bonds. The Morgan fingerprint density at radius 1 is 0.870 bits per heavy atom. The van der Waals surface area contributed by atoms with E-state index >= 15 is 0 Å². The van der Waals surface area contributed by atoms with Gasteiger partial charge in [0.05, 0.1) is 22.2 Å². The number of hydrogen-bond acceptors (Lipinski definition) is 1. The summed E-state index contributed by atoms with van der Waals surface area (Å²) in [6.45, 7) is 2.17. The molecule has 23 heavy (non-hydrogen) atoms. The molecule has 0 saturated heterocycles. The zero-order valence-electron chi connectivity index (χ0n) is 13.0. The fourth-order valence-electron chi connectivity index (χ4n) is 3.68. The Balaban J connectivity index is 0.00000135. The summed E-state index contributed by atoms with van der Waals surface area (Å²) >= 11 is 0. The third-order valence-electron chi connectivity index (χ3n) is 4.82. The van der Waals surface area contributed by atoms with Gasteiger partial charge in [-0.3, -0.25) is 0 Å². The van der Waals surface area contributed by atoms with Crippen LogP contribution in [0.25, 0.3) is 44.2 Å². The fourth-order valence-corrected chi connectivity index (χ4v) is 3.68. The monoisotopic (exact) mass is 410 g/mol. The van der Waals surface area contributed by atoms with E-state index in [0.29, 0.717) is 0 Å². The first kappa shape index (κ1) is 14.6. The van der Waals surface area contributed by atoms with Gasteiger partial charge < -0.3 is 24.0 Å². The average Bonchev–Trinajstić information content (AvgIpc) is 2.88. The van der Waals surface area contributed by atoms with Crippen LogP contribution in [0.15, 0.2) is 54.6 Å². The van der Waals surface area contributed by atoms with Crippen molar-refractivity contribution in [3.05, 3.63) is 60.3 Å². The van der Waals surface area contributed by atoms with Crippen LogP contribution in [0.2, 0.25) is 0 Å². The van der Waals surface area contributed by atoms with Crippen molar-refractivity contribution in [2.24, 2.45) is 7.05 Å². The zero-order valence-corrected chi connectivity index (χ0v) is 15.1. The molecule has 2 aromatic heterocycles. The minimum absolute atomic E-state index is 0.